The summed E-state index contributed by atoms with van der Waals surface area (Å²) >= 11 is 0. The van der Waals surface area contributed by atoms with Crippen LogP contribution in [0.15, 0.2) is 23.4 Å². The molecule has 5 aliphatic carbocycles. The summed E-state index contributed by atoms with van der Waals surface area (Å²) in [4.78, 5) is 55.6. The summed E-state index contributed by atoms with van der Waals surface area (Å²) in [6.45, 7) is 8.19. The third-order valence-corrected chi connectivity index (χ3v) is 27.2. The van der Waals surface area contributed by atoms with Gasteiger partial charge in [-0.1, -0.05) is 53.2 Å². The summed E-state index contributed by atoms with van der Waals surface area (Å²) in [6.07, 6.45) is -47.3. The lowest BCUT2D eigenvalue weighted by Crippen LogP contribution is -2.70. The molecule has 0 aromatic heterocycles. The van der Waals surface area contributed by atoms with E-state index in [-0.39, 0.29) is 31.6 Å². The first-order chi connectivity index (χ1) is 52.1. The van der Waals surface area contributed by atoms with E-state index in [1.165, 1.54) is 6.92 Å². The molecule has 25 unspecified atom stereocenters. The lowest BCUT2D eigenvalue weighted by molar-refractivity contribution is -0.376. The number of rotatable bonds is 21. The first-order valence-electron chi connectivity index (χ1n) is 37.9. The van der Waals surface area contributed by atoms with Crippen molar-refractivity contribution >= 4 is 24.3 Å². The first kappa shape index (κ1) is 86.0. The van der Waals surface area contributed by atoms with Crippen LogP contribution in [0, 0.1) is 56.2 Å². The molecule has 10 fully saturated rings. The Bertz CT molecular complexity index is 3370. The average molecular weight is 1600 g/mol. The maximum absolute atomic E-state index is 16.0. The van der Waals surface area contributed by atoms with Gasteiger partial charge in [0.05, 0.1) is 81.4 Å². The fourth-order valence-electron chi connectivity index (χ4n) is 20.7. The molecule has 21 N–H and O–H groups in total. The number of carbonyl (C=O) groups is 4. The summed E-state index contributed by atoms with van der Waals surface area (Å²) in [5, 5.41) is 222. The minimum Gasteiger partial charge on any atom is -0.504 e. The van der Waals surface area contributed by atoms with Gasteiger partial charge in [0.15, 0.2) is 55.9 Å². The molecule has 632 valence electrons. The molecular formula is C72H111NO38. The van der Waals surface area contributed by atoms with E-state index in [1.54, 1.807) is 6.92 Å². The number of aliphatic hydroxyl groups is 18. The maximum Gasteiger partial charge on any atom is 0.405 e. The quantitative estimate of drug-likeness (QED) is 0.0221. The minimum atomic E-state index is -2.28. The zero-order valence-corrected chi connectivity index (χ0v) is 62.5. The number of hydrogen-bond donors (Lipinski definition) is 21. The number of esters is 1. The number of carboxylic acids is 1. The topological polar surface area (TPSA) is 614 Å². The number of hydrogen-bond acceptors (Lipinski definition) is 36. The standard InChI is InChI=1S/C72H111NO38/c1-27-50(105-60-49(91)51(33(81)23-99-60)106-58-31(79)17-71(97,25-78)26-100-58)41(83)28(19-74)57(101-27)109-54-44(86)40(73-65(95)96)34(20-75)102-62(54)111-64(94)72-15-14-66(2,3)16-30(72)29-8-9-37-67(4)12-11-39(68(5,24-77)36(67)10-13-69(37,6)70(29,7)18-38(72)82)104-63-55(110-61-47(89)45(87)43(85)35(21-76)103-61)52(48(90)53(108-63)56(92)93)107-59-46(88)42(84)32(80)22-98-59/h8,24,27-28,30-45,47-55,57-58,60-63,73-76,78-91,97H,9-23,25-26H2,1-7H3,(H,92,93)(H,95,96)/t27?,28?,30?,31?,32-,33-,34?,35?,36?,37?,38?,39+,40+,41?,42?,43+,44?,45?,47?,48+,49?,50+,51?,52?,53?,54?,55?,57+,58+,60+,61+,62+,63-,67?,68?,69?,70?,71?,72-/m1/s1. The molecule has 0 radical (unpaired) electrons. The Morgan fingerprint density at radius 3 is 1.93 bits per heavy atom. The van der Waals surface area contributed by atoms with E-state index in [0.717, 1.165) is 11.9 Å². The molecule has 39 atom stereocenters. The summed E-state index contributed by atoms with van der Waals surface area (Å²) in [5.74, 6) is -7.86. The lowest BCUT2D eigenvalue weighted by atomic mass is 9.33. The fraction of sp³-hybridized carbons (Fsp3) is 0.889. The largest absolute Gasteiger partial charge is 0.504 e. The molecule has 12 rings (SSSR count). The van der Waals surface area contributed by atoms with Crippen molar-refractivity contribution in [3.8, 4) is 0 Å². The Morgan fingerprint density at radius 2 is 1.28 bits per heavy atom. The van der Waals surface area contributed by atoms with Crippen LogP contribution < -0.4 is 5.32 Å². The second-order valence-corrected chi connectivity index (χ2v) is 34.3. The molecule has 4 saturated carbocycles. The van der Waals surface area contributed by atoms with E-state index < -0.39 is 310 Å². The highest BCUT2D eigenvalue weighted by atomic mass is 16.8. The third kappa shape index (κ3) is 15.2. The highest BCUT2D eigenvalue weighted by Crippen LogP contribution is 2.76. The molecule has 111 heavy (non-hydrogen) atoms. The Kier molecular flexibility index (Phi) is 25.2. The van der Waals surface area contributed by atoms with E-state index in [2.05, 4.69) is 32.2 Å². The predicted octanol–water partition coefficient (Wildman–Crippen LogP) is -5.42. The Balaban J connectivity index is 0.800. The molecule has 0 bridgehead atoms. The highest BCUT2D eigenvalue weighted by Gasteiger charge is 2.73. The number of carbonyl (C=O) groups excluding carboxylic acids is 2. The van der Waals surface area contributed by atoms with Crippen LogP contribution in [0.2, 0.25) is 0 Å². The summed E-state index contributed by atoms with van der Waals surface area (Å²) in [6, 6.07) is -1.70. The molecule has 7 aliphatic heterocycles. The second-order valence-electron chi connectivity index (χ2n) is 34.3. The summed E-state index contributed by atoms with van der Waals surface area (Å²) in [5.41, 5.74) is -7.06. The van der Waals surface area contributed by atoms with Gasteiger partial charge in [0.25, 0.3) is 0 Å². The summed E-state index contributed by atoms with van der Waals surface area (Å²) in [7, 11) is 0. The molecule has 0 spiro atoms. The molecule has 0 aromatic rings. The van der Waals surface area contributed by atoms with Crippen LogP contribution in [0.4, 0.5) is 4.79 Å². The number of amides is 1. The van der Waals surface area contributed by atoms with Gasteiger partial charge in [-0.05, 0) is 104 Å². The molecule has 6 saturated heterocycles. The smallest absolute Gasteiger partial charge is 0.405 e. The van der Waals surface area contributed by atoms with Crippen LogP contribution in [0.3, 0.4) is 0 Å². The van der Waals surface area contributed by atoms with E-state index in [1.807, 2.05) is 13.8 Å². The zero-order valence-electron chi connectivity index (χ0n) is 62.5. The number of nitrogens with one attached hydrogen (secondary N) is 1. The van der Waals surface area contributed by atoms with Crippen LogP contribution >= 0.6 is 0 Å². The van der Waals surface area contributed by atoms with Crippen molar-refractivity contribution in [1.82, 2.24) is 5.32 Å². The van der Waals surface area contributed by atoms with Crippen LogP contribution in [-0.4, -0.2) is 356 Å². The average Bonchev–Trinajstić information content (AvgIpc) is 0.669. The normalized spacial score (nSPS) is 51.2. The Hall–Kier alpha value is -4.36. The van der Waals surface area contributed by atoms with E-state index >= 15 is 4.79 Å². The summed E-state index contributed by atoms with van der Waals surface area (Å²) < 4.78 is 84.1. The SMILES string of the molecule is CC1O[C@@H](OC2C(O)[C@@H](NC(=O)O)C(CO)O[C@H]2OC(=O)[C@]23CCC(C)(C)CC2C2=CCC4C5(C)CC[C@H](O[C@@H]6OC(C(=O)O)[C@@H](O)C(OC7=C(O)C(O)[C@H](O)CO7)C6O[C@@H]6OC(CO)[C@H](O)C(O)C6O)C(C)(C=O)C5CCC4(C)C2(C)CC3O)C(CO)C(O)[C@H]1O[C@@H]1OC[C@@H](O)C(O[C@@H]2OCC(O)(CO)CC2O)C1O. The number of aliphatic carboxylic acids is 1. The van der Waals surface area contributed by atoms with Crippen LogP contribution in [-0.2, 0) is 80.7 Å². The van der Waals surface area contributed by atoms with Gasteiger partial charge in [0.2, 0.25) is 12.0 Å². The number of aliphatic hydroxyl groups excluding tert-OH is 17. The van der Waals surface area contributed by atoms with Gasteiger partial charge in [-0.25, -0.2) is 9.59 Å². The van der Waals surface area contributed by atoms with Gasteiger partial charge in [0.1, 0.15) is 109 Å². The fourth-order valence-corrected chi connectivity index (χ4v) is 20.7. The van der Waals surface area contributed by atoms with Gasteiger partial charge in [-0.15, -0.1) is 0 Å². The number of allylic oxidation sites excluding steroid dienone is 2. The van der Waals surface area contributed by atoms with Crippen molar-refractivity contribution in [1.29, 1.82) is 0 Å². The van der Waals surface area contributed by atoms with Crippen molar-refractivity contribution in [2.45, 2.75) is 296 Å². The molecule has 39 nitrogen and oxygen atoms in total. The predicted molar refractivity (Wildman–Crippen MR) is 362 cm³/mol. The van der Waals surface area contributed by atoms with Crippen molar-refractivity contribution in [3.63, 3.8) is 0 Å². The van der Waals surface area contributed by atoms with E-state index in [0.29, 0.717) is 38.5 Å². The second kappa shape index (κ2) is 32.5. The molecule has 39 heteroatoms. The molecular weight excluding hydrogens is 1490 g/mol. The molecule has 12 aliphatic rings. The maximum atomic E-state index is 16.0. The first-order valence-corrected chi connectivity index (χ1v) is 37.9. The minimum absolute atomic E-state index is 0.0276. The number of carboxylic acid groups (broad SMARTS) is 2. The van der Waals surface area contributed by atoms with Crippen molar-refractivity contribution in [3.05, 3.63) is 23.4 Å². The molecule has 0 aromatic carbocycles. The number of fused-ring (bicyclic) bond motifs is 7. The van der Waals surface area contributed by atoms with Gasteiger partial charge >= 0.3 is 24.0 Å². The van der Waals surface area contributed by atoms with Crippen molar-refractivity contribution in [2.75, 3.05) is 46.2 Å². The van der Waals surface area contributed by atoms with Gasteiger partial charge in [0, 0.05) is 6.42 Å². The van der Waals surface area contributed by atoms with Gasteiger partial charge in [-0.3, -0.25) is 4.79 Å². The Labute approximate surface area is 637 Å². The zero-order chi connectivity index (χ0) is 81.1. The van der Waals surface area contributed by atoms with E-state index in [9.17, 15) is 117 Å². The van der Waals surface area contributed by atoms with Crippen LogP contribution in [0.5, 0.6) is 0 Å². The highest BCUT2D eigenvalue weighted by molar-refractivity contribution is 5.80. The molecule has 1 amide bonds. The molecule has 7 heterocycles. The third-order valence-electron chi connectivity index (χ3n) is 27.2. The number of ether oxygens (including phenoxy) is 14. The Morgan fingerprint density at radius 1 is 0.604 bits per heavy atom. The van der Waals surface area contributed by atoms with Gasteiger partial charge in [-0.2, -0.15) is 0 Å². The van der Waals surface area contributed by atoms with E-state index in [4.69, 9.17) is 66.3 Å². The lowest BCUT2D eigenvalue weighted by Gasteiger charge is -2.71. The monoisotopic (exact) mass is 1600 g/mol. The van der Waals surface area contributed by atoms with Crippen molar-refractivity contribution < 1.29 is 188 Å². The van der Waals surface area contributed by atoms with Gasteiger partial charge < -0.3 is 179 Å². The van der Waals surface area contributed by atoms with Crippen molar-refractivity contribution in [2.24, 2.45) is 56.2 Å². The van der Waals surface area contributed by atoms with Crippen LogP contribution in [0.1, 0.15) is 113 Å². The number of aldehydes is 1. The van der Waals surface area contributed by atoms with Crippen LogP contribution in [0.25, 0.3) is 0 Å².